The van der Waals surface area contributed by atoms with Gasteiger partial charge in [0.15, 0.2) is 0 Å². The summed E-state index contributed by atoms with van der Waals surface area (Å²) in [6, 6.07) is 0.672. The van der Waals surface area contributed by atoms with Crippen molar-refractivity contribution in [2.45, 2.75) is 37.8 Å². The summed E-state index contributed by atoms with van der Waals surface area (Å²) in [5.41, 5.74) is 0. The lowest BCUT2D eigenvalue weighted by atomic mass is 9.91. The van der Waals surface area contributed by atoms with E-state index >= 15 is 0 Å². The van der Waals surface area contributed by atoms with Crippen LogP contribution in [0.2, 0.25) is 0 Å². The van der Waals surface area contributed by atoms with E-state index in [0.29, 0.717) is 12.7 Å². The number of hydrogen-bond donors (Lipinski definition) is 2. The normalized spacial score (nSPS) is 34.8. The van der Waals surface area contributed by atoms with Gasteiger partial charge < -0.3 is 5.11 Å². The van der Waals surface area contributed by atoms with E-state index < -0.39 is 6.09 Å². The smallest absolute Gasteiger partial charge is 0.408 e. The Morgan fingerprint density at radius 3 is 2.92 bits per heavy atom. The zero-order valence-corrected chi connectivity index (χ0v) is 6.99. The molecule has 0 spiro atoms. The van der Waals surface area contributed by atoms with E-state index in [9.17, 15) is 4.79 Å². The third kappa shape index (κ3) is 1.16. The number of hydrogen-bond acceptors (Lipinski definition) is 2. The number of nitrogens with zero attached hydrogens (tertiary/aromatic N) is 1. The Bertz CT molecular complexity index is 195. The SMILES string of the molecule is O=C(O)N1CNC2CCCCC21. The van der Waals surface area contributed by atoms with Gasteiger partial charge in [0.05, 0.1) is 12.7 Å². The molecule has 0 aromatic rings. The predicted molar refractivity (Wildman–Crippen MR) is 43.9 cm³/mol. The monoisotopic (exact) mass is 170 g/mol. The fourth-order valence-electron chi connectivity index (χ4n) is 2.26. The lowest BCUT2D eigenvalue weighted by molar-refractivity contribution is 0.131. The molecule has 12 heavy (non-hydrogen) atoms. The van der Waals surface area contributed by atoms with Gasteiger partial charge in [0.2, 0.25) is 0 Å². The molecule has 68 valence electrons. The minimum Gasteiger partial charge on any atom is -0.465 e. The zero-order valence-electron chi connectivity index (χ0n) is 6.99. The highest BCUT2D eigenvalue weighted by Gasteiger charge is 2.37. The van der Waals surface area contributed by atoms with Gasteiger partial charge in [-0.2, -0.15) is 0 Å². The molecule has 2 fully saturated rings. The van der Waals surface area contributed by atoms with Crippen molar-refractivity contribution in [2.75, 3.05) is 6.67 Å². The molecule has 1 amide bonds. The van der Waals surface area contributed by atoms with Crippen LogP contribution in [-0.4, -0.2) is 34.9 Å². The Morgan fingerprint density at radius 2 is 2.17 bits per heavy atom. The second-order valence-corrected chi connectivity index (χ2v) is 3.57. The fourth-order valence-corrected chi connectivity index (χ4v) is 2.26. The van der Waals surface area contributed by atoms with Crippen LogP contribution in [0.5, 0.6) is 0 Å². The lowest BCUT2D eigenvalue weighted by Gasteiger charge is -2.28. The van der Waals surface area contributed by atoms with Crippen molar-refractivity contribution in [3.63, 3.8) is 0 Å². The minimum atomic E-state index is -0.781. The van der Waals surface area contributed by atoms with Crippen molar-refractivity contribution in [1.82, 2.24) is 10.2 Å². The Balaban J connectivity index is 2.05. The van der Waals surface area contributed by atoms with E-state index in [1.54, 1.807) is 0 Å². The first kappa shape index (κ1) is 7.86. The minimum absolute atomic E-state index is 0.247. The van der Waals surface area contributed by atoms with E-state index in [0.717, 1.165) is 12.8 Å². The van der Waals surface area contributed by atoms with E-state index in [-0.39, 0.29) is 6.04 Å². The molecule has 2 N–H and O–H groups in total. The summed E-state index contributed by atoms with van der Waals surface area (Å²) in [5.74, 6) is 0. The molecular formula is C8H14N2O2. The van der Waals surface area contributed by atoms with Crippen LogP contribution in [-0.2, 0) is 0 Å². The molecule has 1 saturated heterocycles. The van der Waals surface area contributed by atoms with Crippen LogP contribution >= 0.6 is 0 Å². The van der Waals surface area contributed by atoms with Crippen LogP contribution in [0.4, 0.5) is 4.79 Å². The molecule has 0 bridgehead atoms. The molecule has 4 nitrogen and oxygen atoms in total. The largest absolute Gasteiger partial charge is 0.465 e. The summed E-state index contributed by atoms with van der Waals surface area (Å²) >= 11 is 0. The number of fused-ring (bicyclic) bond motifs is 1. The first-order chi connectivity index (χ1) is 5.79. The third-order valence-corrected chi connectivity index (χ3v) is 2.90. The van der Waals surface area contributed by atoms with Crippen LogP contribution in [0.15, 0.2) is 0 Å². The number of nitrogens with one attached hydrogen (secondary N) is 1. The topological polar surface area (TPSA) is 52.6 Å². The van der Waals surface area contributed by atoms with Gasteiger partial charge in [-0.15, -0.1) is 0 Å². The number of rotatable bonds is 0. The Labute approximate surface area is 71.5 Å². The summed E-state index contributed by atoms with van der Waals surface area (Å²) in [4.78, 5) is 12.3. The average Bonchev–Trinajstić information content (AvgIpc) is 2.47. The second kappa shape index (κ2) is 2.94. The van der Waals surface area contributed by atoms with Crippen LogP contribution in [0, 0.1) is 0 Å². The highest BCUT2D eigenvalue weighted by atomic mass is 16.4. The van der Waals surface area contributed by atoms with Crippen molar-refractivity contribution in [2.24, 2.45) is 0 Å². The number of amides is 1. The first-order valence-electron chi connectivity index (χ1n) is 4.52. The highest BCUT2D eigenvalue weighted by Crippen LogP contribution is 2.26. The second-order valence-electron chi connectivity index (χ2n) is 3.57. The standard InChI is InChI=1S/C8H14N2O2/c11-8(12)10-5-9-6-3-1-2-4-7(6)10/h6-7,9H,1-5H2,(H,11,12). The van der Waals surface area contributed by atoms with Crippen molar-refractivity contribution in [3.05, 3.63) is 0 Å². The molecular weight excluding hydrogens is 156 g/mol. The highest BCUT2D eigenvalue weighted by molar-refractivity contribution is 5.66. The van der Waals surface area contributed by atoms with Crippen molar-refractivity contribution in [3.8, 4) is 0 Å². The van der Waals surface area contributed by atoms with E-state index in [1.807, 2.05) is 0 Å². The van der Waals surface area contributed by atoms with Gasteiger partial charge in [0.25, 0.3) is 0 Å². The van der Waals surface area contributed by atoms with Crippen molar-refractivity contribution < 1.29 is 9.90 Å². The predicted octanol–water partition coefficient (Wildman–Crippen LogP) is 0.838. The number of carboxylic acid groups (broad SMARTS) is 1. The maximum absolute atomic E-state index is 10.7. The van der Waals surface area contributed by atoms with Gasteiger partial charge in [-0.1, -0.05) is 12.8 Å². The third-order valence-electron chi connectivity index (χ3n) is 2.90. The molecule has 2 atom stereocenters. The van der Waals surface area contributed by atoms with Gasteiger partial charge in [0, 0.05) is 6.04 Å². The lowest BCUT2D eigenvalue weighted by Crippen LogP contribution is -2.40. The summed E-state index contributed by atoms with van der Waals surface area (Å²) in [6.07, 6.45) is 3.80. The van der Waals surface area contributed by atoms with Crippen LogP contribution in [0.3, 0.4) is 0 Å². The average molecular weight is 170 g/mol. The molecule has 2 aliphatic rings. The maximum Gasteiger partial charge on any atom is 0.408 e. The molecule has 1 aliphatic carbocycles. The summed E-state index contributed by atoms with van der Waals surface area (Å²) in [6.45, 7) is 0.519. The molecule has 4 heteroatoms. The number of carbonyl (C=O) groups is 1. The van der Waals surface area contributed by atoms with Crippen LogP contribution in [0.1, 0.15) is 25.7 Å². The van der Waals surface area contributed by atoms with Crippen LogP contribution in [0.25, 0.3) is 0 Å². The van der Waals surface area contributed by atoms with Gasteiger partial charge in [-0.25, -0.2) is 4.79 Å². The van der Waals surface area contributed by atoms with Crippen molar-refractivity contribution in [1.29, 1.82) is 0 Å². The van der Waals surface area contributed by atoms with E-state index in [2.05, 4.69) is 5.32 Å². The molecule has 2 rings (SSSR count). The van der Waals surface area contributed by atoms with E-state index in [1.165, 1.54) is 17.7 Å². The van der Waals surface area contributed by atoms with Gasteiger partial charge in [0.1, 0.15) is 0 Å². The van der Waals surface area contributed by atoms with Crippen LogP contribution < -0.4 is 5.32 Å². The van der Waals surface area contributed by atoms with Gasteiger partial charge >= 0.3 is 6.09 Å². The Hall–Kier alpha value is -0.770. The quantitative estimate of drug-likeness (QED) is 0.566. The molecule has 0 aromatic heterocycles. The molecule has 1 aliphatic heterocycles. The maximum atomic E-state index is 10.7. The molecule has 1 heterocycles. The molecule has 0 radical (unpaired) electrons. The molecule has 1 saturated carbocycles. The van der Waals surface area contributed by atoms with Gasteiger partial charge in [-0.05, 0) is 12.8 Å². The Morgan fingerprint density at radius 1 is 1.42 bits per heavy atom. The Kier molecular flexibility index (Phi) is 1.92. The zero-order chi connectivity index (χ0) is 8.55. The summed E-state index contributed by atoms with van der Waals surface area (Å²) in [5, 5.41) is 12.1. The molecule has 0 aromatic carbocycles. The summed E-state index contributed by atoms with van der Waals surface area (Å²) in [7, 11) is 0. The van der Waals surface area contributed by atoms with Crippen molar-refractivity contribution >= 4 is 6.09 Å². The fraction of sp³-hybridized carbons (Fsp3) is 0.875. The van der Waals surface area contributed by atoms with E-state index in [4.69, 9.17) is 5.11 Å². The summed E-state index contributed by atoms with van der Waals surface area (Å²) < 4.78 is 0. The van der Waals surface area contributed by atoms with Gasteiger partial charge in [-0.3, -0.25) is 10.2 Å². The molecule has 2 unspecified atom stereocenters. The first-order valence-corrected chi connectivity index (χ1v) is 4.52.